The molecule has 0 heterocycles. The van der Waals surface area contributed by atoms with Crippen LogP contribution in [0.25, 0.3) is 0 Å². The predicted molar refractivity (Wildman–Crippen MR) is 117 cm³/mol. The van der Waals surface area contributed by atoms with Gasteiger partial charge in [-0.1, -0.05) is 23.2 Å². The third kappa shape index (κ3) is 5.56. The zero-order valence-electron chi connectivity index (χ0n) is 17.5. The third-order valence-corrected chi connectivity index (χ3v) is 4.78. The number of amides is 1. The van der Waals surface area contributed by atoms with Gasteiger partial charge in [0.15, 0.2) is 11.5 Å². The van der Waals surface area contributed by atoms with Crippen LogP contribution in [0.2, 0.25) is 10.0 Å². The summed E-state index contributed by atoms with van der Waals surface area (Å²) in [5.41, 5.74) is 0.274. The number of benzene rings is 2. The standard InChI is InChI=1S/C20H21Cl2N3O6/c1-10(26)17(24-25-18-12(21)8-11(28-2)9-15(18)31-5)20(27)23-19-14(30-4)7-6-13(29-3)16(19)22/h6-9,17H,1-5H3,(H,23,27). The van der Waals surface area contributed by atoms with Crippen LogP contribution in [0.1, 0.15) is 6.92 Å². The van der Waals surface area contributed by atoms with E-state index in [9.17, 15) is 9.59 Å². The van der Waals surface area contributed by atoms with Gasteiger partial charge in [0, 0.05) is 12.1 Å². The summed E-state index contributed by atoms with van der Waals surface area (Å²) in [7, 11) is 5.72. The van der Waals surface area contributed by atoms with Crippen LogP contribution < -0.4 is 24.3 Å². The molecule has 1 amide bonds. The molecule has 166 valence electrons. The van der Waals surface area contributed by atoms with E-state index in [1.54, 1.807) is 18.2 Å². The summed E-state index contributed by atoms with van der Waals surface area (Å²) >= 11 is 12.5. The number of Topliss-reactive ketones (excluding diaryl/α,β-unsaturated/α-hetero) is 1. The minimum absolute atomic E-state index is 0.106. The molecule has 9 nitrogen and oxygen atoms in total. The van der Waals surface area contributed by atoms with Gasteiger partial charge < -0.3 is 24.3 Å². The highest BCUT2D eigenvalue weighted by molar-refractivity contribution is 6.36. The molecule has 2 aromatic carbocycles. The Kier molecular flexibility index (Phi) is 8.47. The molecule has 0 saturated carbocycles. The van der Waals surface area contributed by atoms with E-state index >= 15 is 0 Å². The lowest BCUT2D eigenvalue weighted by molar-refractivity contribution is -0.126. The van der Waals surface area contributed by atoms with Gasteiger partial charge in [-0.2, -0.15) is 5.11 Å². The Labute approximate surface area is 189 Å². The first-order chi connectivity index (χ1) is 14.8. The fourth-order valence-electron chi connectivity index (χ4n) is 2.53. The normalized spacial score (nSPS) is 11.7. The van der Waals surface area contributed by atoms with Crippen molar-refractivity contribution in [2.24, 2.45) is 10.2 Å². The Morgan fingerprint density at radius 2 is 1.55 bits per heavy atom. The van der Waals surface area contributed by atoms with Crippen molar-refractivity contribution >= 4 is 46.3 Å². The van der Waals surface area contributed by atoms with Gasteiger partial charge in [-0.15, -0.1) is 5.11 Å². The summed E-state index contributed by atoms with van der Waals surface area (Å²) in [6.45, 7) is 1.21. The molecule has 0 aliphatic rings. The monoisotopic (exact) mass is 469 g/mol. The van der Waals surface area contributed by atoms with E-state index < -0.39 is 17.7 Å². The number of hydrogen-bond donors (Lipinski definition) is 1. The van der Waals surface area contributed by atoms with Gasteiger partial charge in [-0.25, -0.2) is 0 Å². The van der Waals surface area contributed by atoms with Crippen LogP contribution in [-0.4, -0.2) is 46.2 Å². The summed E-state index contributed by atoms with van der Waals surface area (Å²) < 4.78 is 20.7. The summed E-state index contributed by atoms with van der Waals surface area (Å²) in [5.74, 6) is -0.0299. The molecule has 0 bridgehead atoms. The zero-order valence-corrected chi connectivity index (χ0v) is 19.0. The highest BCUT2D eigenvalue weighted by Crippen LogP contribution is 2.40. The Morgan fingerprint density at radius 3 is 2.10 bits per heavy atom. The van der Waals surface area contributed by atoms with Crippen LogP contribution in [0.5, 0.6) is 23.0 Å². The molecule has 0 spiro atoms. The van der Waals surface area contributed by atoms with Crippen LogP contribution in [0.4, 0.5) is 11.4 Å². The number of anilines is 1. The lowest BCUT2D eigenvalue weighted by Crippen LogP contribution is -2.32. The Morgan fingerprint density at radius 1 is 0.935 bits per heavy atom. The fourth-order valence-corrected chi connectivity index (χ4v) is 3.05. The molecule has 2 aromatic rings. The summed E-state index contributed by atoms with van der Waals surface area (Å²) in [6, 6.07) is 4.71. The van der Waals surface area contributed by atoms with Gasteiger partial charge in [-0.05, 0) is 19.1 Å². The molecule has 0 aliphatic heterocycles. The number of nitrogens with one attached hydrogen (secondary N) is 1. The van der Waals surface area contributed by atoms with Crippen molar-refractivity contribution in [3.05, 3.63) is 34.3 Å². The van der Waals surface area contributed by atoms with Crippen LogP contribution >= 0.6 is 23.2 Å². The fraction of sp³-hybridized carbons (Fsp3) is 0.300. The van der Waals surface area contributed by atoms with Gasteiger partial charge in [0.1, 0.15) is 33.6 Å². The number of rotatable bonds is 9. The first kappa shape index (κ1) is 24.2. The number of carbonyl (C=O) groups is 2. The van der Waals surface area contributed by atoms with Crippen LogP contribution in [0.3, 0.4) is 0 Å². The largest absolute Gasteiger partial charge is 0.497 e. The van der Waals surface area contributed by atoms with Crippen molar-refractivity contribution < 1.29 is 28.5 Å². The van der Waals surface area contributed by atoms with Gasteiger partial charge >= 0.3 is 0 Å². The topological polar surface area (TPSA) is 108 Å². The molecule has 11 heteroatoms. The van der Waals surface area contributed by atoms with Crippen molar-refractivity contribution in [2.45, 2.75) is 13.0 Å². The molecule has 31 heavy (non-hydrogen) atoms. The van der Waals surface area contributed by atoms with E-state index in [4.69, 9.17) is 42.1 Å². The van der Waals surface area contributed by atoms with Gasteiger partial charge in [-0.3, -0.25) is 9.59 Å². The van der Waals surface area contributed by atoms with E-state index in [2.05, 4.69) is 15.5 Å². The summed E-state index contributed by atoms with van der Waals surface area (Å²) in [6.07, 6.45) is 0. The number of azo groups is 1. The molecule has 0 radical (unpaired) electrons. The minimum Gasteiger partial charge on any atom is -0.497 e. The van der Waals surface area contributed by atoms with E-state index in [-0.39, 0.29) is 32.9 Å². The number of halogens is 2. The van der Waals surface area contributed by atoms with Crippen LogP contribution in [0.15, 0.2) is 34.5 Å². The Balaban J connectivity index is 2.39. The van der Waals surface area contributed by atoms with E-state index in [1.807, 2.05) is 0 Å². The van der Waals surface area contributed by atoms with Crippen LogP contribution in [-0.2, 0) is 9.59 Å². The van der Waals surface area contributed by atoms with Gasteiger partial charge in [0.05, 0.1) is 33.5 Å². The summed E-state index contributed by atoms with van der Waals surface area (Å²) in [4.78, 5) is 24.9. The molecule has 0 fully saturated rings. The zero-order chi connectivity index (χ0) is 23.1. The van der Waals surface area contributed by atoms with Crippen molar-refractivity contribution in [3.63, 3.8) is 0 Å². The molecular formula is C20H21Cl2N3O6. The smallest absolute Gasteiger partial charge is 0.258 e. The maximum absolute atomic E-state index is 12.8. The molecule has 1 N–H and O–H groups in total. The maximum atomic E-state index is 12.8. The second-order valence-electron chi connectivity index (χ2n) is 6.04. The lowest BCUT2D eigenvalue weighted by Gasteiger charge is -2.16. The SMILES string of the molecule is COc1cc(Cl)c(N=NC(C(C)=O)C(=O)Nc2c(OC)ccc(OC)c2Cl)c(OC)c1. The lowest BCUT2D eigenvalue weighted by atomic mass is 10.2. The molecule has 0 aromatic heterocycles. The quantitative estimate of drug-likeness (QED) is 0.420. The number of nitrogens with zero attached hydrogens (tertiary/aromatic N) is 2. The molecule has 1 unspecified atom stereocenters. The maximum Gasteiger partial charge on any atom is 0.258 e. The van der Waals surface area contributed by atoms with E-state index in [1.165, 1.54) is 41.4 Å². The van der Waals surface area contributed by atoms with Crippen molar-refractivity contribution in [3.8, 4) is 23.0 Å². The van der Waals surface area contributed by atoms with E-state index in [0.717, 1.165) is 0 Å². The molecule has 0 aliphatic carbocycles. The molecule has 0 saturated heterocycles. The number of hydrogen-bond acceptors (Lipinski definition) is 8. The first-order valence-electron chi connectivity index (χ1n) is 8.81. The number of carbonyl (C=O) groups excluding carboxylic acids is 2. The highest BCUT2D eigenvalue weighted by atomic mass is 35.5. The molecule has 2 rings (SSSR count). The average molecular weight is 470 g/mol. The number of ketones is 1. The average Bonchev–Trinajstić information content (AvgIpc) is 2.75. The van der Waals surface area contributed by atoms with E-state index in [0.29, 0.717) is 11.5 Å². The Bertz CT molecular complexity index is 1010. The predicted octanol–water partition coefficient (Wildman–Crippen LogP) is 4.71. The molecular weight excluding hydrogens is 449 g/mol. The second kappa shape index (κ2) is 10.8. The van der Waals surface area contributed by atoms with Crippen molar-refractivity contribution in [1.29, 1.82) is 0 Å². The van der Waals surface area contributed by atoms with Crippen LogP contribution in [0, 0.1) is 0 Å². The van der Waals surface area contributed by atoms with Crippen molar-refractivity contribution in [2.75, 3.05) is 33.8 Å². The first-order valence-corrected chi connectivity index (χ1v) is 9.57. The van der Waals surface area contributed by atoms with Gasteiger partial charge in [0.2, 0.25) is 6.04 Å². The minimum atomic E-state index is -1.48. The Hall–Kier alpha value is -3.04. The second-order valence-corrected chi connectivity index (χ2v) is 6.82. The summed E-state index contributed by atoms with van der Waals surface area (Å²) in [5, 5.41) is 10.7. The number of ether oxygens (including phenoxy) is 4. The highest BCUT2D eigenvalue weighted by Gasteiger charge is 2.26. The van der Waals surface area contributed by atoms with Crippen molar-refractivity contribution in [1.82, 2.24) is 0 Å². The molecule has 1 atom stereocenters. The third-order valence-electron chi connectivity index (χ3n) is 4.12. The number of methoxy groups -OCH3 is 4. The van der Waals surface area contributed by atoms with Gasteiger partial charge in [0.25, 0.3) is 5.91 Å².